The first-order valence-electron chi connectivity index (χ1n) is 6.66. The molecule has 1 fully saturated rings. The quantitative estimate of drug-likeness (QED) is 0.886. The third kappa shape index (κ3) is 3.02. The fraction of sp³-hybridized carbons (Fsp3) is 0.533. The first-order valence-corrected chi connectivity index (χ1v) is 6.66. The Morgan fingerprint density at radius 3 is 2.72 bits per heavy atom. The molecule has 3 nitrogen and oxygen atoms in total. The average molecular weight is 243 g/mol. The molecule has 2 rings (SSSR count). The van der Waals surface area contributed by atoms with Crippen molar-refractivity contribution >= 4 is 5.69 Å². The summed E-state index contributed by atoms with van der Waals surface area (Å²) < 4.78 is 0. The van der Waals surface area contributed by atoms with Crippen LogP contribution in [0.25, 0.3) is 0 Å². The van der Waals surface area contributed by atoms with E-state index in [1.807, 2.05) is 0 Å². The first-order chi connectivity index (χ1) is 8.70. The average Bonchev–Trinajstić information content (AvgIpc) is 2.39. The van der Waals surface area contributed by atoms with Gasteiger partial charge < -0.3 is 10.2 Å². The van der Waals surface area contributed by atoms with Gasteiger partial charge in [-0.1, -0.05) is 26.0 Å². The molecule has 1 atom stereocenters. The van der Waals surface area contributed by atoms with E-state index in [9.17, 15) is 0 Å². The predicted octanol–water partition coefficient (Wildman–Crippen LogP) is 2.50. The van der Waals surface area contributed by atoms with Crippen molar-refractivity contribution in [2.45, 2.75) is 32.2 Å². The number of nitrogens with one attached hydrogen (secondary N) is 1. The molecule has 0 radical (unpaired) electrons. The molecule has 1 aliphatic heterocycles. The molecule has 3 heteroatoms. The van der Waals surface area contributed by atoms with E-state index in [-0.39, 0.29) is 0 Å². The summed E-state index contributed by atoms with van der Waals surface area (Å²) in [4.78, 5) is 2.36. The van der Waals surface area contributed by atoms with Gasteiger partial charge in [-0.2, -0.15) is 5.26 Å². The molecule has 1 saturated heterocycles. The van der Waals surface area contributed by atoms with Crippen molar-refractivity contribution in [3.8, 4) is 6.07 Å². The zero-order valence-corrected chi connectivity index (χ0v) is 11.2. The van der Waals surface area contributed by atoms with Crippen LogP contribution in [0.4, 0.5) is 5.69 Å². The van der Waals surface area contributed by atoms with E-state index in [0.29, 0.717) is 18.4 Å². The van der Waals surface area contributed by atoms with Crippen molar-refractivity contribution in [2.24, 2.45) is 0 Å². The van der Waals surface area contributed by atoms with Gasteiger partial charge in [0.2, 0.25) is 0 Å². The lowest BCUT2D eigenvalue weighted by molar-refractivity contribution is 0.463. The molecule has 1 unspecified atom stereocenters. The fourth-order valence-electron chi connectivity index (χ4n) is 2.38. The van der Waals surface area contributed by atoms with Gasteiger partial charge >= 0.3 is 0 Å². The van der Waals surface area contributed by atoms with Crippen molar-refractivity contribution in [3.63, 3.8) is 0 Å². The smallest absolute Gasteiger partial charge is 0.0638 e. The highest BCUT2D eigenvalue weighted by Crippen LogP contribution is 2.21. The van der Waals surface area contributed by atoms with Gasteiger partial charge in [-0.3, -0.25) is 0 Å². The molecular formula is C15H21N3. The lowest BCUT2D eigenvalue weighted by Gasteiger charge is -2.34. The van der Waals surface area contributed by atoms with E-state index in [1.165, 1.54) is 11.3 Å². The third-order valence-corrected chi connectivity index (χ3v) is 3.52. The van der Waals surface area contributed by atoms with Crippen LogP contribution in [0.1, 0.15) is 31.7 Å². The second kappa shape index (κ2) is 5.88. The summed E-state index contributed by atoms with van der Waals surface area (Å²) in [5, 5.41) is 12.1. The van der Waals surface area contributed by atoms with Gasteiger partial charge in [-0.15, -0.1) is 0 Å². The number of hydrogen-bond acceptors (Lipinski definition) is 3. The highest BCUT2D eigenvalue weighted by atomic mass is 15.2. The highest BCUT2D eigenvalue weighted by molar-refractivity contribution is 5.48. The van der Waals surface area contributed by atoms with Gasteiger partial charge in [0.05, 0.1) is 12.5 Å². The topological polar surface area (TPSA) is 39.1 Å². The van der Waals surface area contributed by atoms with Gasteiger partial charge in [-0.05, 0) is 23.6 Å². The van der Waals surface area contributed by atoms with Crippen LogP contribution in [0, 0.1) is 11.3 Å². The van der Waals surface area contributed by atoms with Crippen LogP contribution < -0.4 is 10.2 Å². The normalized spacial score (nSPS) is 19.9. The van der Waals surface area contributed by atoms with E-state index in [0.717, 1.165) is 19.6 Å². The zero-order chi connectivity index (χ0) is 13.0. The van der Waals surface area contributed by atoms with Crippen molar-refractivity contribution < 1.29 is 0 Å². The molecular weight excluding hydrogens is 222 g/mol. The number of anilines is 1. The number of benzene rings is 1. The maximum atomic E-state index is 8.76. The molecule has 1 aromatic rings. The van der Waals surface area contributed by atoms with Crippen molar-refractivity contribution in [2.75, 3.05) is 24.5 Å². The SMILES string of the molecule is CC(C)c1ccc(N2CCNC(CC#N)C2)cc1. The number of hydrogen-bond donors (Lipinski definition) is 1. The minimum atomic E-state index is 0.300. The van der Waals surface area contributed by atoms with Crippen molar-refractivity contribution in [1.82, 2.24) is 5.32 Å². The van der Waals surface area contributed by atoms with E-state index >= 15 is 0 Å². The fourth-order valence-corrected chi connectivity index (χ4v) is 2.38. The Kier molecular flexibility index (Phi) is 4.22. The Balaban J connectivity index is 2.04. The van der Waals surface area contributed by atoms with Gasteiger partial charge in [0.15, 0.2) is 0 Å². The molecule has 96 valence electrons. The lowest BCUT2D eigenvalue weighted by atomic mass is 10.0. The summed E-state index contributed by atoms with van der Waals surface area (Å²) >= 11 is 0. The number of rotatable bonds is 3. The van der Waals surface area contributed by atoms with Crippen LogP contribution in [0.2, 0.25) is 0 Å². The Bertz CT molecular complexity index is 416. The van der Waals surface area contributed by atoms with E-state index in [4.69, 9.17) is 5.26 Å². The second-order valence-corrected chi connectivity index (χ2v) is 5.21. The largest absolute Gasteiger partial charge is 0.369 e. The summed E-state index contributed by atoms with van der Waals surface area (Å²) in [6.45, 7) is 7.32. The van der Waals surface area contributed by atoms with E-state index in [2.05, 4.69) is 54.4 Å². The summed E-state index contributed by atoms with van der Waals surface area (Å²) in [5.74, 6) is 0.577. The first kappa shape index (κ1) is 12.9. The van der Waals surface area contributed by atoms with Crippen LogP contribution in [-0.4, -0.2) is 25.7 Å². The maximum Gasteiger partial charge on any atom is 0.0638 e. The Morgan fingerprint density at radius 2 is 2.11 bits per heavy atom. The number of piperazine rings is 1. The zero-order valence-electron chi connectivity index (χ0n) is 11.2. The van der Waals surface area contributed by atoms with E-state index < -0.39 is 0 Å². The van der Waals surface area contributed by atoms with Crippen molar-refractivity contribution in [3.05, 3.63) is 29.8 Å². The molecule has 1 heterocycles. The maximum absolute atomic E-state index is 8.76. The molecule has 18 heavy (non-hydrogen) atoms. The van der Waals surface area contributed by atoms with Gasteiger partial charge in [0.25, 0.3) is 0 Å². The minimum absolute atomic E-state index is 0.300. The summed E-state index contributed by atoms with van der Waals surface area (Å²) in [7, 11) is 0. The third-order valence-electron chi connectivity index (χ3n) is 3.52. The molecule has 0 aromatic heterocycles. The lowest BCUT2D eigenvalue weighted by Crippen LogP contribution is -2.50. The van der Waals surface area contributed by atoms with Gasteiger partial charge in [-0.25, -0.2) is 0 Å². The van der Waals surface area contributed by atoms with Crippen molar-refractivity contribution in [1.29, 1.82) is 5.26 Å². The summed E-state index contributed by atoms with van der Waals surface area (Å²) in [6, 6.07) is 11.4. The highest BCUT2D eigenvalue weighted by Gasteiger charge is 2.19. The minimum Gasteiger partial charge on any atom is -0.369 e. The standard InChI is InChI=1S/C15H21N3/c1-12(2)13-3-5-15(6-4-13)18-10-9-17-14(11-18)7-8-16/h3-6,12,14,17H,7,9-11H2,1-2H3. The predicted molar refractivity (Wildman–Crippen MR) is 74.8 cm³/mol. The Hall–Kier alpha value is -1.53. The molecule has 0 saturated carbocycles. The van der Waals surface area contributed by atoms with E-state index in [1.54, 1.807) is 0 Å². The summed E-state index contributed by atoms with van der Waals surface area (Å²) in [5.41, 5.74) is 2.64. The monoisotopic (exact) mass is 243 g/mol. The van der Waals surface area contributed by atoms with Crippen LogP contribution in [0.3, 0.4) is 0 Å². The van der Waals surface area contributed by atoms with Crippen LogP contribution >= 0.6 is 0 Å². The molecule has 1 aromatic carbocycles. The molecule has 1 aliphatic rings. The number of nitriles is 1. The molecule has 0 amide bonds. The molecule has 0 bridgehead atoms. The summed E-state index contributed by atoms with van der Waals surface area (Å²) in [6.07, 6.45) is 0.584. The molecule has 0 spiro atoms. The van der Waals surface area contributed by atoms with Gasteiger partial charge in [0.1, 0.15) is 0 Å². The Morgan fingerprint density at radius 1 is 1.39 bits per heavy atom. The second-order valence-electron chi connectivity index (χ2n) is 5.21. The van der Waals surface area contributed by atoms with Crippen LogP contribution in [0.5, 0.6) is 0 Å². The van der Waals surface area contributed by atoms with Crippen LogP contribution in [0.15, 0.2) is 24.3 Å². The number of nitrogens with zero attached hydrogens (tertiary/aromatic N) is 2. The van der Waals surface area contributed by atoms with Gasteiger partial charge in [0, 0.05) is 31.4 Å². The molecule has 1 N–H and O–H groups in total. The van der Waals surface area contributed by atoms with Crippen LogP contribution in [-0.2, 0) is 0 Å². The molecule has 0 aliphatic carbocycles. The Labute approximate surface area is 109 Å².